The van der Waals surface area contributed by atoms with Gasteiger partial charge in [0.1, 0.15) is 11.9 Å². The number of rotatable bonds is 9. The van der Waals surface area contributed by atoms with Gasteiger partial charge in [0.15, 0.2) is 0 Å². The van der Waals surface area contributed by atoms with Crippen LogP contribution in [-0.4, -0.2) is 54.3 Å². The van der Waals surface area contributed by atoms with Gasteiger partial charge in [0.2, 0.25) is 15.9 Å². The zero-order valence-electron chi connectivity index (χ0n) is 22.8. The van der Waals surface area contributed by atoms with E-state index in [1.807, 2.05) is 0 Å². The first kappa shape index (κ1) is 30.3. The second kappa shape index (κ2) is 9.97. The molecule has 14 heteroatoms. The maximum Gasteiger partial charge on any atom is 0.416 e. The molecule has 1 aliphatic heterocycles. The lowest BCUT2D eigenvalue weighted by Gasteiger charge is -2.72. The molecule has 228 valence electrons. The Morgan fingerprint density at radius 1 is 1.00 bits per heavy atom. The summed E-state index contributed by atoms with van der Waals surface area (Å²) in [6.45, 7) is 2.69. The summed E-state index contributed by atoms with van der Waals surface area (Å²) in [6.07, 6.45) is -8.97. The third kappa shape index (κ3) is 5.50. The van der Waals surface area contributed by atoms with E-state index in [1.54, 1.807) is 32.0 Å². The molecular formula is C28H30F6N4O3S. The number of hydrogen-bond acceptors (Lipinski definition) is 5. The van der Waals surface area contributed by atoms with Crippen LogP contribution in [0.15, 0.2) is 64.5 Å². The first-order chi connectivity index (χ1) is 19.4. The zero-order chi connectivity index (χ0) is 30.8. The maximum atomic E-state index is 13.8. The van der Waals surface area contributed by atoms with Crippen LogP contribution in [0.2, 0.25) is 0 Å². The molecule has 2 aromatic rings. The molecule has 4 aliphatic rings. The van der Waals surface area contributed by atoms with Crippen LogP contribution >= 0.6 is 0 Å². The average molecular weight is 617 g/mol. The van der Waals surface area contributed by atoms with Crippen LogP contribution in [0, 0.1) is 5.41 Å². The number of carbonyl (C=O) groups excluding carboxylic acids is 1. The van der Waals surface area contributed by atoms with Crippen molar-refractivity contribution in [1.82, 2.24) is 14.9 Å². The van der Waals surface area contributed by atoms with E-state index >= 15 is 0 Å². The highest BCUT2D eigenvalue weighted by Crippen LogP contribution is 2.71. The Hall–Kier alpha value is -3.13. The minimum atomic E-state index is -4.52. The van der Waals surface area contributed by atoms with Crippen LogP contribution in [-0.2, 0) is 27.5 Å². The number of halogens is 6. The molecule has 2 aromatic carbocycles. The highest BCUT2D eigenvalue weighted by Gasteiger charge is 2.75. The number of nitrogens with one attached hydrogen (secondary N) is 2. The van der Waals surface area contributed by atoms with E-state index in [9.17, 15) is 39.6 Å². The molecule has 1 atom stereocenters. The molecular weight excluding hydrogens is 586 g/mol. The molecule has 0 unspecified atom stereocenters. The van der Waals surface area contributed by atoms with Gasteiger partial charge >= 0.3 is 12.4 Å². The predicted octanol–water partition coefficient (Wildman–Crippen LogP) is 5.04. The van der Waals surface area contributed by atoms with E-state index < -0.39 is 69.3 Å². The molecule has 0 saturated heterocycles. The van der Waals surface area contributed by atoms with Crippen LogP contribution < -0.4 is 10.6 Å². The molecule has 2 bridgehead atoms. The van der Waals surface area contributed by atoms with Crippen molar-refractivity contribution >= 4 is 21.8 Å². The topological polar surface area (TPSA) is 90.9 Å². The molecule has 0 spiro atoms. The predicted molar refractivity (Wildman–Crippen MR) is 142 cm³/mol. The fourth-order valence-corrected chi connectivity index (χ4v) is 8.01. The Morgan fingerprint density at radius 3 is 2.14 bits per heavy atom. The maximum absolute atomic E-state index is 13.8. The Balaban J connectivity index is 1.34. The number of carbonyl (C=O) groups is 1. The molecule has 2 N–H and O–H groups in total. The molecule has 7 nitrogen and oxygen atoms in total. The van der Waals surface area contributed by atoms with Crippen LogP contribution in [0.25, 0.3) is 0 Å². The van der Waals surface area contributed by atoms with E-state index in [-0.39, 0.29) is 11.4 Å². The smallest absolute Gasteiger partial charge is 0.360 e. The van der Waals surface area contributed by atoms with Gasteiger partial charge in [-0.1, -0.05) is 30.3 Å². The van der Waals surface area contributed by atoms with E-state index in [0.717, 1.165) is 12.1 Å². The van der Waals surface area contributed by atoms with Gasteiger partial charge in [-0.25, -0.2) is 8.42 Å². The van der Waals surface area contributed by atoms with Crippen molar-refractivity contribution in [3.05, 3.63) is 65.7 Å². The number of benzene rings is 2. The summed E-state index contributed by atoms with van der Waals surface area (Å²) in [6, 6.07) is 11.3. The Kier molecular flexibility index (Phi) is 7.20. The Bertz CT molecular complexity index is 1470. The number of alkyl halides is 6. The minimum absolute atomic E-state index is 0.0590. The fourth-order valence-electron chi connectivity index (χ4n) is 6.23. The van der Waals surface area contributed by atoms with Crippen molar-refractivity contribution in [2.75, 3.05) is 6.54 Å². The molecule has 3 fully saturated rings. The highest BCUT2D eigenvalue weighted by atomic mass is 32.2. The van der Waals surface area contributed by atoms with Gasteiger partial charge in [-0.3, -0.25) is 9.79 Å². The Labute approximate surface area is 239 Å². The molecule has 3 aliphatic carbocycles. The van der Waals surface area contributed by atoms with Crippen LogP contribution in [0.5, 0.6) is 0 Å². The number of aliphatic imine (C=N–C) groups is 1. The van der Waals surface area contributed by atoms with Gasteiger partial charge in [0.25, 0.3) is 0 Å². The van der Waals surface area contributed by atoms with E-state index in [4.69, 9.17) is 0 Å². The third-order valence-electron chi connectivity index (χ3n) is 8.33. The molecule has 42 heavy (non-hydrogen) atoms. The van der Waals surface area contributed by atoms with Crippen molar-refractivity contribution < 1.29 is 39.6 Å². The van der Waals surface area contributed by atoms with E-state index in [1.165, 1.54) is 28.6 Å². The second-order valence-corrected chi connectivity index (χ2v) is 13.8. The molecule has 6 rings (SSSR count). The quantitative estimate of drug-likeness (QED) is 0.387. The lowest BCUT2D eigenvalue weighted by molar-refractivity contribution is -0.151. The van der Waals surface area contributed by atoms with Crippen molar-refractivity contribution in [3.8, 4) is 0 Å². The number of amidine groups is 1. The summed E-state index contributed by atoms with van der Waals surface area (Å²) in [4.78, 5) is 17.5. The SMILES string of the molecule is CC1(C)N=C(C23CC(N(Cc4ccc(C(F)(F)F)cc4)S(=O)(=O)c4ccccc4)(C2)C3)N[C@H]1C(=O)NCCC(F)(F)F. The van der Waals surface area contributed by atoms with Crippen LogP contribution in [0.1, 0.15) is 50.7 Å². The number of sulfonamides is 1. The van der Waals surface area contributed by atoms with Gasteiger partial charge in [0.05, 0.1) is 22.4 Å². The average Bonchev–Trinajstić information content (AvgIpc) is 3.16. The van der Waals surface area contributed by atoms with Gasteiger partial charge < -0.3 is 10.6 Å². The van der Waals surface area contributed by atoms with Crippen LogP contribution in [0.3, 0.4) is 0 Å². The molecule has 0 aromatic heterocycles. The van der Waals surface area contributed by atoms with Gasteiger partial charge in [-0.05, 0) is 62.9 Å². The Morgan fingerprint density at radius 2 is 1.60 bits per heavy atom. The number of nitrogens with zero attached hydrogens (tertiary/aromatic N) is 2. The summed E-state index contributed by atoms with van der Waals surface area (Å²) in [7, 11) is -4.04. The summed E-state index contributed by atoms with van der Waals surface area (Å²) in [5.74, 6) is -0.100. The first-order valence-corrected chi connectivity index (χ1v) is 14.8. The van der Waals surface area contributed by atoms with E-state index in [0.29, 0.717) is 30.7 Å². The molecule has 1 heterocycles. The van der Waals surface area contributed by atoms with E-state index in [2.05, 4.69) is 15.6 Å². The van der Waals surface area contributed by atoms with Crippen molar-refractivity contribution in [2.24, 2.45) is 10.4 Å². The lowest BCUT2D eigenvalue weighted by atomic mass is 9.38. The molecule has 0 radical (unpaired) electrons. The number of amides is 1. The largest absolute Gasteiger partial charge is 0.416 e. The van der Waals surface area contributed by atoms with Gasteiger partial charge in [-0.2, -0.15) is 30.6 Å². The van der Waals surface area contributed by atoms with Crippen LogP contribution in [0.4, 0.5) is 26.3 Å². The summed E-state index contributed by atoms with van der Waals surface area (Å²) in [5.41, 5.74) is -2.73. The highest BCUT2D eigenvalue weighted by molar-refractivity contribution is 7.89. The molecule has 1 amide bonds. The number of hydrogen-bond donors (Lipinski definition) is 2. The van der Waals surface area contributed by atoms with Crippen molar-refractivity contribution in [2.45, 2.75) is 80.4 Å². The van der Waals surface area contributed by atoms with Gasteiger partial charge in [0, 0.05) is 24.0 Å². The van der Waals surface area contributed by atoms with Gasteiger partial charge in [-0.15, -0.1) is 0 Å². The standard InChI is InChI=1S/C28H30F6N4O3S/c1-24(2)21(22(39)35-13-12-27(29,30)31)36-23(37-24)25-15-26(16-25,17-25)38(42(40,41)20-6-4-3-5-7-20)14-18-8-10-19(11-9-18)28(32,33)34/h3-11,21H,12-17H2,1-2H3,(H,35,39)(H,36,37)/t21-,25?,26?/m0/s1. The second-order valence-electron chi connectivity index (χ2n) is 11.9. The molecule has 3 saturated carbocycles. The summed E-state index contributed by atoms with van der Waals surface area (Å²) >= 11 is 0. The summed E-state index contributed by atoms with van der Waals surface area (Å²) < 4.78 is 106. The summed E-state index contributed by atoms with van der Waals surface area (Å²) in [5, 5.41) is 5.40. The zero-order valence-corrected chi connectivity index (χ0v) is 23.6. The van der Waals surface area contributed by atoms with Crippen molar-refractivity contribution in [1.29, 1.82) is 0 Å². The monoisotopic (exact) mass is 616 g/mol. The normalized spacial score (nSPS) is 26.6. The van der Waals surface area contributed by atoms with Crippen molar-refractivity contribution in [3.63, 3.8) is 0 Å². The lowest BCUT2D eigenvalue weighted by Crippen LogP contribution is -2.78. The fraction of sp³-hybridized carbons (Fsp3) is 0.500. The third-order valence-corrected chi connectivity index (χ3v) is 10.3. The minimum Gasteiger partial charge on any atom is -0.360 e. The first-order valence-electron chi connectivity index (χ1n) is 13.3.